The average Bonchev–Trinajstić information content (AvgIpc) is 2.84. The lowest BCUT2D eigenvalue weighted by molar-refractivity contribution is 0.0685. The first-order valence-corrected chi connectivity index (χ1v) is 5.12. The smallest absolute Gasteiger partial charge is 0.339 e. The van der Waals surface area contributed by atoms with Gasteiger partial charge in [0, 0.05) is 0 Å². The molecule has 5 nitrogen and oxygen atoms in total. The molecule has 84 valence electrons. The zero-order valence-corrected chi connectivity index (χ0v) is 9.47. The summed E-state index contributed by atoms with van der Waals surface area (Å²) >= 11 is 3.17. The number of hydrogen-bond acceptors (Lipinski definition) is 4. The molecule has 0 radical (unpaired) electrons. The third kappa shape index (κ3) is 1.77. The monoisotopic (exact) mass is 286 g/mol. The molecule has 0 aliphatic carbocycles. The van der Waals surface area contributed by atoms with Crippen LogP contribution in [0.4, 0.5) is 0 Å². The number of aromatic carboxylic acids is 1. The highest BCUT2D eigenvalue weighted by atomic mass is 79.9. The van der Waals surface area contributed by atoms with Gasteiger partial charge in [0.25, 0.3) is 0 Å². The summed E-state index contributed by atoms with van der Waals surface area (Å²) < 4.78 is 10.5. The van der Waals surface area contributed by atoms with Crippen LogP contribution in [0.1, 0.15) is 28.0 Å². The Bertz CT molecular complexity index is 513. The summed E-state index contributed by atoms with van der Waals surface area (Å²) in [6.07, 6.45) is 1.34. The van der Waals surface area contributed by atoms with Gasteiger partial charge in [0.1, 0.15) is 5.56 Å². The van der Waals surface area contributed by atoms with E-state index in [9.17, 15) is 9.90 Å². The zero-order chi connectivity index (χ0) is 11.7. The molecule has 0 aromatic carbocycles. The molecule has 16 heavy (non-hydrogen) atoms. The molecule has 0 bridgehead atoms. The largest absolute Gasteiger partial charge is 0.478 e. The van der Waals surface area contributed by atoms with E-state index in [-0.39, 0.29) is 17.1 Å². The molecular formula is C10H7BrO5. The molecule has 0 amide bonds. The molecule has 2 aromatic rings. The van der Waals surface area contributed by atoms with Crippen molar-refractivity contribution in [2.45, 2.75) is 6.10 Å². The van der Waals surface area contributed by atoms with Gasteiger partial charge in [0.05, 0.1) is 17.0 Å². The molecule has 0 saturated heterocycles. The van der Waals surface area contributed by atoms with Gasteiger partial charge in [-0.15, -0.1) is 0 Å². The number of carbonyl (C=O) groups is 1. The number of carboxylic acid groups (broad SMARTS) is 1. The normalized spacial score (nSPS) is 12.6. The van der Waals surface area contributed by atoms with Gasteiger partial charge in [-0.1, -0.05) is 0 Å². The highest BCUT2D eigenvalue weighted by Crippen LogP contribution is 2.31. The molecule has 2 heterocycles. The average molecular weight is 287 g/mol. The van der Waals surface area contributed by atoms with Gasteiger partial charge in [-0.05, 0) is 28.1 Å². The van der Waals surface area contributed by atoms with E-state index in [0.29, 0.717) is 4.47 Å². The van der Waals surface area contributed by atoms with Crippen molar-refractivity contribution < 1.29 is 23.8 Å². The molecule has 1 atom stereocenters. The van der Waals surface area contributed by atoms with Crippen molar-refractivity contribution in [2.75, 3.05) is 0 Å². The van der Waals surface area contributed by atoms with E-state index >= 15 is 0 Å². The van der Waals surface area contributed by atoms with Crippen LogP contribution in [0.15, 0.2) is 38.0 Å². The summed E-state index contributed by atoms with van der Waals surface area (Å²) in [6, 6.07) is 2.87. The van der Waals surface area contributed by atoms with Crippen molar-refractivity contribution in [3.05, 3.63) is 46.2 Å². The third-order valence-corrected chi connectivity index (χ3v) is 2.72. The first kappa shape index (κ1) is 11.0. The quantitative estimate of drug-likeness (QED) is 0.905. The van der Waals surface area contributed by atoms with Crippen molar-refractivity contribution in [2.24, 2.45) is 0 Å². The molecule has 0 saturated carbocycles. The SMILES string of the molecule is O=C(O)c1ccoc1C(O)c1occc1Br. The van der Waals surface area contributed by atoms with Crippen LogP contribution in [0, 0.1) is 0 Å². The van der Waals surface area contributed by atoms with Gasteiger partial charge in [-0.25, -0.2) is 4.79 Å². The molecule has 1 unspecified atom stereocenters. The fourth-order valence-electron chi connectivity index (χ4n) is 1.33. The van der Waals surface area contributed by atoms with Gasteiger partial charge in [-0.2, -0.15) is 0 Å². The summed E-state index contributed by atoms with van der Waals surface area (Å²) in [6.45, 7) is 0. The van der Waals surface area contributed by atoms with Crippen LogP contribution in [-0.2, 0) is 0 Å². The van der Waals surface area contributed by atoms with E-state index in [4.69, 9.17) is 13.9 Å². The molecule has 0 aliphatic rings. The fourth-order valence-corrected chi connectivity index (χ4v) is 1.75. The topological polar surface area (TPSA) is 83.8 Å². The first-order valence-electron chi connectivity index (χ1n) is 4.33. The van der Waals surface area contributed by atoms with Crippen molar-refractivity contribution in [3.8, 4) is 0 Å². The second-order valence-corrected chi connectivity index (χ2v) is 3.89. The standard InChI is InChI=1S/C10H7BrO5/c11-6-2-4-16-9(6)7(12)8-5(10(13)14)1-3-15-8/h1-4,7,12H,(H,13,14). The van der Waals surface area contributed by atoms with E-state index < -0.39 is 12.1 Å². The lowest BCUT2D eigenvalue weighted by Gasteiger charge is -2.06. The number of rotatable bonds is 3. The van der Waals surface area contributed by atoms with Crippen molar-refractivity contribution in [1.29, 1.82) is 0 Å². The fraction of sp³-hybridized carbons (Fsp3) is 0.100. The van der Waals surface area contributed by atoms with E-state index in [1.807, 2.05) is 0 Å². The Kier molecular flexibility index (Phi) is 2.84. The Morgan fingerprint density at radius 2 is 1.88 bits per heavy atom. The van der Waals surface area contributed by atoms with Crippen molar-refractivity contribution in [1.82, 2.24) is 0 Å². The van der Waals surface area contributed by atoms with Crippen LogP contribution in [0.25, 0.3) is 0 Å². The summed E-state index contributed by atoms with van der Waals surface area (Å²) in [4.78, 5) is 10.8. The number of carboxylic acids is 1. The maximum absolute atomic E-state index is 10.8. The number of hydrogen-bond donors (Lipinski definition) is 2. The highest BCUT2D eigenvalue weighted by Gasteiger charge is 2.25. The van der Waals surface area contributed by atoms with Crippen molar-refractivity contribution in [3.63, 3.8) is 0 Å². The zero-order valence-electron chi connectivity index (χ0n) is 7.88. The Labute approximate surface area is 98.4 Å². The predicted octanol–water partition coefficient (Wildman–Crippen LogP) is 2.42. The van der Waals surface area contributed by atoms with Crippen LogP contribution >= 0.6 is 15.9 Å². The second kappa shape index (κ2) is 4.15. The molecule has 0 spiro atoms. The third-order valence-electron chi connectivity index (χ3n) is 2.07. The van der Waals surface area contributed by atoms with Crippen molar-refractivity contribution >= 4 is 21.9 Å². The lowest BCUT2D eigenvalue weighted by atomic mass is 10.1. The maximum atomic E-state index is 10.8. The summed E-state index contributed by atoms with van der Waals surface area (Å²) in [5.74, 6) is -1.01. The minimum Gasteiger partial charge on any atom is -0.478 e. The second-order valence-electron chi connectivity index (χ2n) is 3.04. The van der Waals surface area contributed by atoms with E-state index in [0.717, 1.165) is 0 Å². The van der Waals surface area contributed by atoms with E-state index in [1.165, 1.54) is 18.6 Å². The maximum Gasteiger partial charge on any atom is 0.339 e. The first-order chi connectivity index (χ1) is 7.61. The Hall–Kier alpha value is -1.53. The minimum absolute atomic E-state index is 0.0526. The van der Waals surface area contributed by atoms with Gasteiger partial charge >= 0.3 is 5.97 Å². The van der Waals surface area contributed by atoms with Gasteiger partial charge in [0.15, 0.2) is 17.6 Å². The van der Waals surface area contributed by atoms with E-state index in [1.54, 1.807) is 6.07 Å². The van der Waals surface area contributed by atoms with Crippen LogP contribution < -0.4 is 0 Å². The molecule has 2 N–H and O–H groups in total. The molecule has 0 aliphatic heterocycles. The van der Waals surface area contributed by atoms with Crippen LogP contribution in [0.5, 0.6) is 0 Å². The van der Waals surface area contributed by atoms with Gasteiger partial charge in [-0.3, -0.25) is 0 Å². The Morgan fingerprint density at radius 3 is 2.44 bits per heavy atom. The minimum atomic E-state index is -1.24. The molecule has 2 rings (SSSR count). The Morgan fingerprint density at radius 1 is 1.25 bits per heavy atom. The highest BCUT2D eigenvalue weighted by molar-refractivity contribution is 9.10. The summed E-state index contributed by atoms with van der Waals surface area (Å²) in [5.41, 5.74) is -0.0872. The molecule has 2 aromatic heterocycles. The number of furan rings is 2. The Balaban J connectivity index is 2.42. The number of aliphatic hydroxyl groups excluding tert-OH is 1. The van der Waals surface area contributed by atoms with Crippen LogP contribution in [0.3, 0.4) is 0 Å². The van der Waals surface area contributed by atoms with Crippen LogP contribution in [0.2, 0.25) is 0 Å². The van der Waals surface area contributed by atoms with Gasteiger partial charge < -0.3 is 19.0 Å². The number of aliphatic hydroxyl groups is 1. The summed E-state index contributed by atoms with van der Waals surface area (Å²) in [5, 5.41) is 18.8. The van der Waals surface area contributed by atoms with Gasteiger partial charge in [0.2, 0.25) is 0 Å². The molecule has 6 heteroatoms. The predicted molar refractivity (Wildman–Crippen MR) is 56.1 cm³/mol. The molecular weight excluding hydrogens is 280 g/mol. The number of halogens is 1. The van der Waals surface area contributed by atoms with E-state index in [2.05, 4.69) is 15.9 Å². The lowest BCUT2D eigenvalue weighted by Crippen LogP contribution is -2.05. The molecule has 0 fully saturated rings. The van der Waals surface area contributed by atoms with Crippen LogP contribution in [-0.4, -0.2) is 16.2 Å². The summed E-state index contributed by atoms with van der Waals surface area (Å²) in [7, 11) is 0.